The highest BCUT2D eigenvalue weighted by atomic mass is 16.7. The molecule has 1 atom stereocenters. The van der Waals surface area contributed by atoms with Gasteiger partial charge in [-0.15, -0.1) is 5.92 Å². The van der Waals surface area contributed by atoms with Gasteiger partial charge in [0.25, 0.3) is 5.79 Å². The Morgan fingerprint density at radius 3 is 1.57 bits per heavy atom. The molecule has 264 valence electrons. The predicted octanol–water partition coefficient (Wildman–Crippen LogP) is 7.35. The Morgan fingerprint density at radius 2 is 1.16 bits per heavy atom. The number of carboxylic acids is 1. The maximum Gasteiger partial charge on any atom is 0.348 e. The zero-order valence-corrected chi connectivity index (χ0v) is 29.1. The van der Waals surface area contributed by atoms with Crippen molar-refractivity contribution in [2.75, 3.05) is 14.2 Å². The zero-order valence-electron chi connectivity index (χ0n) is 29.1. The number of hydrogen-bond donors (Lipinski definition) is 1. The molecule has 4 aromatic carbocycles. The molecule has 1 aliphatic heterocycles. The zero-order chi connectivity index (χ0) is 36.8. The van der Waals surface area contributed by atoms with Crippen LogP contribution >= 0.6 is 0 Å². The van der Waals surface area contributed by atoms with Gasteiger partial charge < -0.3 is 33.5 Å². The maximum absolute atomic E-state index is 12.0. The molecule has 4 aromatic rings. The Hall–Kier alpha value is -6.21. The topological polar surface area (TPSA) is 127 Å². The minimum atomic E-state index is -1.25. The molecule has 0 aromatic heterocycles. The summed E-state index contributed by atoms with van der Waals surface area (Å²) in [6.07, 6.45) is 1.43. The second kappa shape index (κ2) is 18.0. The van der Waals surface area contributed by atoms with E-state index < -0.39 is 23.7 Å². The van der Waals surface area contributed by atoms with E-state index in [2.05, 4.69) is 11.8 Å². The summed E-state index contributed by atoms with van der Waals surface area (Å²) in [6.45, 7) is 5.60. The van der Waals surface area contributed by atoms with Crippen LogP contribution in [0.15, 0.2) is 103 Å². The van der Waals surface area contributed by atoms with Gasteiger partial charge in [0.05, 0.1) is 26.6 Å². The molecule has 0 amide bonds. The van der Waals surface area contributed by atoms with Crippen LogP contribution in [0.25, 0.3) is 6.08 Å². The fourth-order valence-electron chi connectivity index (χ4n) is 4.78. The number of benzene rings is 4. The molecule has 0 radical (unpaired) electrons. The van der Waals surface area contributed by atoms with Crippen LogP contribution in [0.2, 0.25) is 0 Å². The molecular weight excluding hydrogens is 652 g/mol. The first-order valence-corrected chi connectivity index (χ1v) is 16.0. The van der Waals surface area contributed by atoms with E-state index in [4.69, 9.17) is 33.5 Å². The van der Waals surface area contributed by atoms with Crippen molar-refractivity contribution in [2.45, 2.75) is 52.1 Å². The first kappa shape index (κ1) is 37.6. The number of carbonyl (C=O) groups is 3. The minimum Gasteiger partial charge on any atom is -0.497 e. The SMILES string of the molecule is CC#CC(CC(=O)O)c1ccc(OCc2ccc(OC)cc2)cc1.COc1ccc(COc2ccc(C=C3C(=O)OC(C)(C)OC3=O)cc2)cc1. The van der Waals surface area contributed by atoms with Crippen molar-refractivity contribution >= 4 is 24.0 Å². The predicted molar refractivity (Wildman–Crippen MR) is 190 cm³/mol. The van der Waals surface area contributed by atoms with Gasteiger partial charge in [-0.3, -0.25) is 4.79 Å². The smallest absolute Gasteiger partial charge is 0.348 e. The van der Waals surface area contributed by atoms with E-state index in [1.165, 1.54) is 19.9 Å². The summed E-state index contributed by atoms with van der Waals surface area (Å²) in [7, 11) is 3.25. The first-order chi connectivity index (χ1) is 24.5. The molecule has 0 aliphatic carbocycles. The summed E-state index contributed by atoms with van der Waals surface area (Å²) >= 11 is 0. The Morgan fingerprint density at radius 1 is 0.725 bits per heavy atom. The highest BCUT2D eigenvalue weighted by Gasteiger charge is 2.38. The number of hydrogen-bond acceptors (Lipinski definition) is 9. The van der Waals surface area contributed by atoms with Crippen LogP contribution < -0.4 is 18.9 Å². The molecule has 1 heterocycles. The fraction of sp³-hybridized carbons (Fsp3) is 0.244. The average molecular weight is 693 g/mol. The van der Waals surface area contributed by atoms with E-state index in [-0.39, 0.29) is 17.9 Å². The van der Waals surface area contributed by atoms with Crippen LogP contribution in [0.4, 0.5) is 0 Å². The Bertz CT molecular complexity index is 1840. The van der Waals surface area contributed by atoms with Gasteiger partial charge in [-0.2, -0.15) is 0 Å². The summed E-state index contributed by atoms with van der Waals surface area (Å²) < 4.78 is 31.9. The van der Waals surface area contributed by atoms with Crippen molar-refractivity contribution < 1.29 is 47.9 Å². The summed E-state index contributed by atoms with van der Waals surface area (Å²) in [4.78, 5) is 34.9. The van der Waals surface area contributed by atoms with E-state index in [1.54, 1.807) is 45.4 Å². The molecule has 0 bridgehead atoms. The largest absolute Gasteiger partial charge is 0.497 e. The van der Waals surface area contributed by atoms with Gasteiger partial charge in [-0.05, 0) is 83.8 Å². The highest BCUT2D eigenvalue weighted by Crippen LogP contribution is 2.26. The van der Waals surface area contributed by atoms with Gasteiger partial charge in [0.15, 0.2) is 0 Å². The highest BCUT2D eigenvalue weighted by molar-refractivity contribution is 6.18. The normalized spacial score (nSPS) is 13.5. The lowest BCUT2D eigenvalue weighted by atomic mass is 9.96. The molecule has 51 heavy (non-hydrogen) atoms. The van der Waals surface area contributed by atoms with Crippen molar-refractivity contribution in [3.8, 4) is 34.8 Å². The van der Waals surface area contributed by atoms with Gasteiger partial charge in [0.1, 0.15) is 41.8 Å². The molecule has 5 rings (SSSR count). The van der Waals surface area contributed by atoms with Crippen molar-refractivity contribution in [3.05, 3.63) is 125 Å². The molecule has 10 heteroatoms. The third-order valence-corrected chi connectivity index (χ3v) is 7.42. The van der Waals surface area contributed by atoms with E-state index in [0.717, 1.165) is 33.9 Å². The standard InChI is InChI=1S/C21H20O6.C20H20O4/c1-21(2)26-19(22)18(20(23)27-21)12-14-4-10-17(11-5-14)25-13-15-6-8-16(24-3)9-7-15;1-3-4-17(13-20(21)22)16-7-11-19(12-8-16)24-14-15-5-9-18(23-2)10-6-15/h4-12H,13H2,1-3H3;5-12,17H,13-14H2,1-2H3,(H,21,22). The lowest BCUT2D eigenvalue weighted by Gasteiger charge is -2.29. The monoisotopic (exact) mass is 692 g/mol. The molecule has 1 aliphatic rings. The number of methoxy groups -OCH3 is 2. The third-order valence-electron chi connectivity index (χ3n) is 7.42. The number of carboxylic acid groups (broad SMARTS) is 1. The molecule has 1 saturated heterocycles. The number of ether oxygens (including phenoxy) is 6. The molecule has 1 fully saturated rings. The Kier molecular flexibility index (Phi) is 13.3. The van der Waals surface area contributed by atoms with E-state index in [9.17, 15) is 14.4 Å². The van der Waals surface area contributed by atoms with Crippen LogP contribution in [-0.4, -0.2) is 43.0 Å². The van der Waals surface area contributed by atoms with E-state index >= 15 is 0 Å². The molecule has 0 spiro atoms. The van der Waals surface area contributed by atoms with Crippen LogP contribution in [0.3, 0.4) is 0 Å². The fourth-order valence-corrected chi connectivity index (χ4v) is 4.78. The second-order valence-electron chi connectivity index (χ2n) is 11.7. The summed E-state index contributed by atoms with van der Waals surface area (Å²) in [6, 6.07) is 29.7. The van der Waals surface area contributed by atoms with Gasteiger partial charge in [-0.25, -0.2) is 9.59 Å². The lowest BCUT2D eigenvalue weighted by molar-refractivity contribution is -0.222. The van der Waals surface area contributed by atoms with Crippen molar-refractivity contribution in [1.82, 2.24) is 0 Å². The van der Waals surface area contributed by atoms with Crippen molar-refractivity contribution in [1.29, 1.82) is 0 Å². The van der Waals surface area contributed by atoms with Crippen LogP contribution in [-0.2, 0) is 37.1 Å². The van der Waals surface area contributed by atoms with Crippen LogP contribution in [0, 0.1) is 11.8 Å². The van der Waals surface area contributed by atoms with Crippen LogP contribution in [0.5, 0.6) is 23.0 Å². The van der Waals surface area contributed by atoms with Crippen molar-refractivity contribution in [3.63, 3.8) is 0 Å². The third kappa shape index (κ3) is 11.7. The average Bonchev–Trinajstić information content (AvgIpc) is 3.12. The molecule has 0 saturated carbocycles. The minimum absolute atomic E-state index is 0.00705. The van der Waals surface area contributed by atoms with E-state index in [1.807, 2.05) is 72.8 Å². The van der Waals surface area contributed by atoms with E-state index in [0.29, 0.717) is 24.5 Å². The molecule has 1 unspecified atom stereocenters. The molecule has 10 nitrogen and oxygen atoms in total. The maximum atomic E-state index is 12.0. The lowest BCUT2D eigenvalue weighted by Crippen LogP contribution is -2.41. The van der Waals surface area contributed by atoms with Gasteiger partial charge in [0.2, 0.25) is 0 Å². The number of cyclic esters (lactones) is 2. The summed E-state index contributed by atoms with van der Waals surface area (Å²) in [5.74, 6) is 4.92. The van der Waals surface area contributed by atoms with Gasteiger partial charge >= 0.3 is 17.9 Å². The first-order valence-electron chi connectivity index (χ1n) is 16.0. The number of rotatable bonds is 12. The van der Waals surface area contributed by atoms with Gasteiger partial charge in [-0.1, -0.05) is 54.5 Å². The Balaban J connectivity index is 0.000000230. The van der Waals surface area contributed by atoms with Gasteiger partial charge in [0, 0.05) is 13.8 Å². The van der Waals surface area contributed by atoms with Crippen LogP contribution in [0.1, 0.15) is 55.4 Å². The number of aliphatic carboxylic acids is 1. The summed E-state index contributed by atoms with van der Waals surface area (Å²) in [5, 5.41) is 8.97. The number of esters is 2. The Labute approximate surface area is 297 Å². The number of carbonyl (C=O) groups excluding carboxylic acids is 2. The summed E-state index contributed by atoms with van der Waals surface area (Å²) in [5.41, 5.74) is 3.46. The van der Waals surface area contributed by atoms with Crippen molar-refractivity contribution in [2.24, 2.45) is 0 Å². The quantitative estimate of drug-likeness (QED) is 0.0697. The molecular formula is C41H40O10. The second-order valence-corrected chi connectivity index (χ2v) is 11.7. The molecule has 1 N–H and O–H groups in total.